The molecule has 0 bridgehead atoms. The molecule has 1 aliphatic heterocycles. The maximum Gasteiger partial charge on any atom is 0.163 e. The smallest absolute Gasteiger partial charge is 0.163 e. The van der Waals surface area contributed by atoms with Crippen molar-refractivity contribution >= 4 is 17.3 Å². The number of anilines is 2. The first kappa shape index (κ1) is 10.8. The number of fused-ring (bicyclic) bond motifs is 1. The van der Waals surface area contributed by atoms with Gasteiger partial charge in [0.15, 0.2) is 5.82 Å². The molecular formula is C10H18N6. The van der Waals surface area contributed by atoms with Gasteiger partial charge in [-0.25, -0.2) is 0 Å². The molecule has 1 aromatic heterocycles. The first-order valence-electron chi connectivity index (χ1n) is 5.51. The molecule has 2 heterocycles. The number of likely N-dealkylation sites (N-methyl/N-ethyl adjacent to an activating group) is 1. The molecule has 0 radical (unpaired) electrons. The molecule has 2 rings (SSSR count). The lowest BCUT2D eigenvalue weighted by Crippen LogP contribution is -2.44. The van der Waals surface area contributed by atoms with Crippen LogP contribution in [0.4, 0.5) is 11.6 Å². The van der Waals surface area contributed by atoms with Crippen molar-refractivity contribution in [2.75, 3.05) is 23.7 Å². The van der Waals surface area contributed by atoms with Gasteiger partial charge in [0.05, 0.1) is 11.7 Å². The molecular weight excluding hydrogens is 204 g/mol. The molecule has 0 aromatic carbocycles. The molecule has 0 aliphatic carbocycles. The summed E-state index contributed by atoms with van der Waals surface area (Å²) >= 11 is 0. The number of aromatic nitrogens is 2. The van der Waals surface area contributed by atoms with Gasteiger partial charge in [0, 0.05) is 18.8 Å². The number of nitrogens with two attached hydrogens (primary N) is 2. The zero-order chi connectivity index (χ0) is 11.7. The third kappa shape index (κ3) is 1.51. The predicted octanol–water partition coefficient (Wildman–Crippen LogP) is 0.0670. The number of aromatic amines is 1. The monoisotopic (exact) mass is 222 g/mol. The van der Waals surface area contributed by atoms with Gasteiger partial charge in [0.1, 0.15) is 5.82 Å². The minimum atomic E-state index is -0.158. The molecule has 1 aromatic rings. The van der Waals surface area contributed by atoms with Gasteiger partial charge in [-0.3, -0.25) is 5.10 Å². The van der Waals surface area contributed by atoms with Crippen LogP contribution >= 0.6 is 0 Å². The topological polar surface area (TPSA) is 96.0 Å². The van der Waals surface area contributed by atoms with Crippen molar-refractivity contribution in [1.82, 2.24) is 15.5 Å². The van der Waals surface area contributed by atoms with Gasteiger partial charge in [0.25, 0.3) is 0 Å². The van der Waals surface area contributed by atoms with Crippen LogP contribution in [0.3, 0.4) is 0 Å². The quantitative estimate of drug-likeness (QED) is 0.580. The number of hydrogen-bond donors (Lipinski definition) is 4. The third-order valence-electron chi connectivity index (χ3n) is 2.72. The summed E-state index contributed by atoms with van der Waals surface area (Å²) in [7, 11) is 0. The fraction of sp³-hybridized carbons (Fsp3) is 0.500. The van der Waals surface area contributed by atoms with Gasteiger partial charge in [-0.15, -0.1) is 0 Å². The second-order valence-corrected chi connectivity index (χ2v) is 3.72. The standard InChI is InChI=1S/C10H18N6/c1-3-13-6-5-7(11)16(4-2)10-8(6)9(12)14-15-10/h5,7,13H,3-4,11H2,1-2H3,(H3,12,14,15). The van der Waals surface area contributed by atoms with Crippen molar-refractivity contribution in [2.45, 2.75) is 20.0 Å². The number of nitrogens with zero attached hydrogens (tertiary/aromatic N) is 2. The fourth-order valence-electron chi connectivity index (χ4n) is 2.00. The summed E-state index contributed by atoms with van der Waals surface area (Å²) < 4.78 is 0. The van der Waals surface area contributed by atoms with Gasteiger partial charge in [-0.2, -0.15) is 5.10 Å². The summed E-state index contributed by atoms with van der Waals surface area (Å²) in [5.41, 5.74) is 13.8. The Kier molecular flexibility index (Phi) is 2.74. The Morgan fingerprint density at radius 2 is 2.31 bits per heavy atom. The van der Waals surface area contributed by atoms with E-state index in [1.165, 1.54) is 0 Å². The molecule has 0 fully saturated rings. The van der Waals surface area contributed by atoms with Gasteiger partial charge < -0.3 is 21.7 Å². The largest absolute Gasteiger partial charge is 0.385 e. The normalized spacial score (nSPS) is 19.3. The highest BCUT2D eigenvalue weighted by Crippen LogP contribution is 2.33. The fourth-order valence-corrected chi connectivity index (χ4v) is 2.00. The maximum absolute atomic E-state index is 6.05. The minimum absolute atomic E-state index is 0.158. The van der Waals surface area contributed by atoms with Gasteiger partial charge in [-0.1, -0.05) is 0 Å². The summed E-state index contributed by atoms with van der Waals surface area (Å²) in [5.74, 6) is 1.40. The van der Waals surface area contributed by atoms with Crippen LogP contribution in [0.2, 0.25) is 0 Å². The van der Waals surface area contributed by atoms with E-state index < -0.39 is 0 Å². The van der Waals surface area contributed by atoms with Gasteiger partial charge in [0.2, 0.25) is 0 Å². The Labute approximate surface area is 94.7 Å². The first-order chi connectivity index (χ1) is 7.69. The molecule has 1 unspecified atom stereocenters. The van der Waals surface area contributed by atoms with E-state index in [1.807, 2.05) is 24.8 Å². The number of nitrogens with one attached hydrogen (secondary N) is 2. The molecule has 0 saturated heterocycles. The number of hydrogen-bond acceptors (Lipinski definition) is 5. The summed E-state index contributed by atoms with van der Waals surface area (Å²) in [6.45, 7) is 5.71. The highest BCUT2D eigenvalue weighted by atomic mass is 15.3. The zero-order valence-corrected chi connectivity index (χ0v) is 9.62. The van der Waals surface area contributed by atoms with E-state index in [4.69, 9.17) is 11.5 Å². The lowest BCUT2D eigenvalue weighted by molar-refractivity contribution is 0.704. The van der Waals surface area contributed by atoms with Gasteiger partial charge >= 0.3 is 0 Å². The molecule has 6 heteroatoms. The van der Waals surface area contributed by atoms with Crippen molar-refractivity contribution in [1.29, 1.82) is 0 Å². The molecule has 0 saturated carbocycles. The summed E-state index contributed by atoms with van der Waals surface area (Å²) in [6.07, 6.45) is 1.82. The highest BCUT2D eigenvalue weighted by molar-refractivity contribution is 5.83. The van der Waals surface area contributed by atoms with Crippen molar-refractivity contribution in [3.05, 3.63) is 11.6 Å². The van der Waals surface area contributed by atoms with E-state index in [-0.39, 0.29) is 6.17 Å². The Balaban J connectivity index is 2.47. The van der Waals surface area contributed by atoms with Crippen molar-refractivity contribution in [3.63, 3.8) is 0 Å². The van der Waals surface area contributed by atoms with Crippen LogP contribution in [0, 0.1) is 0 Å². The molecule has 16 heavy (non-hydrogen) atoms. The summed E-state index contributed by atoms with van der Waals surface area (Å²) in [5, 5.41) is 10.3. The highest BCUT2D eigenvalue weighted by Gasteiger charge is 2.27. The summed E-state index contributed by atoms with van der Waals surface area (Å²) in [6, 6.07) is 0. The Hall–Kier alpha value is -1.69. The van der Waals surface area contributed by atoms with Crippen LogP contribution < -0.4 is 21.7 Å². The van der Waals surface area contributed by atoms with E-state index in [0.29, 0.717) is 5.82 Å². The van der Waals surface area contributed by atoms with Crippen molar-refractivity contribution in [2.24, 2.45) is 5.73 Å². The zero-order valence-electron chi connectivity index (χ0n) is 9.62. The average molecular weight is 222 g/mol. The lowest BCUT2D eigenvalue weighted by Gasteiger charge is -2.31. The van der Waals surface area contributed by atoms with Gasteiger partial charge in [-0.05, 0) is 19.9 Å². The SMILES string of the molecule is CCNC1=CC(N)N(CC)c2n[nH]c(N)c21. The van der Waals surface area contributed by atoms with E-state index in [9.17, 15) is 0 Å². The van der Waals surface area contributed by atoms with Crippen LogP contribution in [-0.4, -0.2) is 29.5 Å². The second-order valence-electron chi connectivity index (χ2n) is 3.72. The van der Waals surface area contributed by atoms with E-state index in [0.717, 1.165) is 30.2 Å². The number of H-pyrrole nitrogens is 1. The average Bonchev–Trinajstić information content (AvgIpc) is 2.62. The number of rotatable bonds is 3. The molecule has 1 atom stereocenters. The van der Waals surface area contributed by atoms with Crippen molar-refractivity contribution in [3.8, 4) is 0 Å². The first-order valence-corrected chi connectivity index (χ1v) is 5.51. The van der Waals surface area contributed by atoms with Crippen LogP contribution in [0.15, 0.2) is 6.08 Å². The van der Waals surface area contributed by atoms with Crippen LogP contribution in [-0.2, 0) is 0 Å². The van der Waals surface area contributed by atoms with E-state index in [2.05, 4.69) is 15.5 Å². The third-order valence-corrected chi connectivity index (χ3v) is 2.72. The minimum Gasteiger partial charge on any atom is -0.385 e. The Morgan fingerprint density at radius 3 is 2.94 bits per heavy atom. The van der Waals surface area contributed by atoms with Crippen LogP contribution in [0.5, 0.6) is 0 Å². The molecule has 0 amide bonds. The maximum atomic E-state index is 6.05. The van der Waals surface area contributed by atoms with E-state index >= 15 is 0 Å². The predicted molar refractivity (Wildman–Crippen MR) is 65.6 cm³/mol. The Bertz CT molecular complexity index is 407. The second kappa shape index (κ2) is 4.05. The lowest BCUT2D eigenvalue weighted by atomic mass is 10.1. The summed E-state index contributed by atoms with van der Waals surface area (Å²) in [4.78, 5) is 2.00. The molecule has 0 spiro atoms. The van der Waals surface area contributed by atoms with Crippen molar-refractivity contribution < 1.29 is 0 Å². The molecule has 88 valence electrons. The molecule has 1 aliphatic rings. The number of nitrogen functional groups attached to an aromatic ring is 1. The Morgan fingerprint density at radius 1 is 1.56 bits per heavy atom. The van der Waals surface area contributed by atoms with Crippen LogP contribution in [0.1, 0.15) is 19.4 Å². The molecule has 6 N–H and O–H groups in total. The molecule has 6 nitrogen and oxygen atoms in total. The van der Waals surface area contributed by atoms with E-state index in [1.54, 1.807) is 0 Å². The van der Waals surface area contributed by atoms with Crippen LogP contribution in [0.25, 0.3) is 5.70 Å².